The van der Waals surface area contributed by atoms with Gasteiger partial charge in [0.2, 0.25) is 10.0 Å². The molecule has 0 radical (unpaired) electrons. The van der Waals surface area contributed by atoms with E-state index in [0.717, 1.165) is 11.8 Å². The fraction of sp³-hybridized carbons (Fsp3) is 0.353. The Balaban J connectivity index is 1.67. The number of sulfonamides is 1. The van der Waals surface area contributed by atoms with Crippen LogP contribution in [0.5, 0.6) is 0 Å². The smallest absolute Gasteiger partial charge is 0.278 e. The van der Waals surface area contributed by atoms with Crippen molar-refractivity contribution in [2.75, 3.05) is 7.11 Å². The lowest BCUT2D eigenvalue weighted by molar-refractivity contribution is 0.174. The summed E-state index contributed by atoms with van der Waals surface area (Å²) in [5.74, 6) is 0.139. The van der Waals surface area contributed by atoms with Crippen LogP contribution in [0.25, 0.3) is 11.6 Å². The highest BCUT2D eigenvalue weighted by atomic mass is 32.2. The average molecular weight is 407 g/mol. The third-order valence-corrected chi connectivity index (χ3v) is 6.43. The molecule has 0 saturated heterocycles. The Morgan fingerprint density at radius 2 is 2.11 bits per heavy atom. The Morgan fingerprint density at radius 3 is 2.82 bits per heavy atom. The van der Waals surface area contributed by atoms with Gasteiger partial charge in [-0.3, -0.25) is 4.68 Å². The summed E-state index contributed by atoms with van der Waals surface area (Å²) in [5.41, 5.74) is 2.17. The molecule has 0 aliphatic carbocycles. The molecule has 0 spiro atoms. The molecule has 3 aromatic rings. The molecule has 1 aliphatic rings. The van der Waals surface area contributed by atoms with E-state index in [1.165, 1.54) is 30.5 Å². The summed E-state index contributed by atoms with van der Waals surface area (Å²) in [5, 5.41) is 8.22. The van der Waals surface area contributed by atoms with Gasteiger partial charge in [0.25, 0.3) is 5.89 Å². The van der Waals surface area contributed by atoms with Crippen LogP contribution in [0.1, 0.15) is 22.6 Å². The summed E-state index contributed by atoms with van der Waals surface area (Å²) in [7, 11) is -0.544. The van der Waals surface area contributed by atoms with E-state index in [9.17, 15) is 12.8 Å². The van der Waals surface area contributed by atoms with Crippen LogP contribution >= 0.6 is 0 Å². The molecule has 4 rings (SSSR count). The summed E-state index contributed by atoms with van der Waals surface area (Å²) in [4.78, 5) is 4.29. The number of ether oxygens (including phenoxy) is 1. The van der Waals surface area contributed by atoms with E-state index >= 15 is 0 Å². The SMILES string of the molecule is COCc1noc(-c2nn(C)c3c2CN(S(=O)(=O)c2ccc(F)c(C)c2)C3)n1. The first-order valence-corrected chi connectivity index (χ1v) is 9.88. The molecule has 0 fully saturated rings. The lowest BCUT2D eigenvalue weighted by Crippen LogP contribution is -2.26. The lowest BCUT2D eigenvalue weighted by Gasteiger charge is -2.16. The van der Waals surface area contributed by atoms with Crippen molar-refractivity contribution in [2.24, 2.45) is 7.05 Å². The minimum atomic E-state index is -3.80. The molecule has 0 amide bonds. The molecule has 0 unspecified atom stereocenters. The second-order valence-corrected chi connectivity index (χ2v) is 8.47. The maximum atomic E-state index is 13.5. The highest BCUT2D eigenvalue weighted by Gasteiger charge is 2.36. The van der Waals surface area contributed by atoms with E-state index in [0.29, 0.717) is 17.1 Å². The zero-order valence-electron chi connectivity index (χ0n) is 15.5. The highest BCUT2D eigenvalue weighted by Crippen LogP contribution is 2.34. The van der Waals surface area contributed by atoms with Crippen LogP contribution in [0.4, 0.5) is 4.39 Å². The van der Waals surface area contributed by atoms with Crippen LogP contribution in [-0.2, 0) is 41.5 Å². The van der Waals surface area contributed by atoms with Gasteiger partial charge in [-0.15, -0.1) is 0 Å². The second-order valence-electron chi connectivity index (χ2n) is 6.53. The predicted molar refractivity (Wildman–Crippen MR) is 94.8 cm³/mol. The molecule has 2 aromatic heterocycles. The van der Waals surface area contributed by atoms with Crippen molar-refractivity contribution in [3.63, 3.8) is 0 Å². The van der Waals surface area contributed by atoms with Gasteiger partial charge in [0.15, 0.2) is 11.5 Å². The first kappa shape index (κ1) is 18.7. The monoisotopic (exact) mass is 407 g/mol. The molecule has 1 aromatic carbocycles. The van der Waals surface area contributed by atoms with Crippen molar-refractivity contribution in [3.8, 4) is 11.6 Å². The topological polar surface area (TPSA) is 103 Å². The van der Waals surface area contributed by atoms with Crippen molar-refractivity contribution >= 4 is 10.0 Å². The zero-order chi connectivity index (χ0) is 20.1. The van der Waals surface area contributed by atoms with Crippen LogP contribution in [0, 0.1) is 12.7 Å². The fourth-order valence-corrected chi connectivity index (χ4v) is 4.63. The number of fused-ring (bicyclic) bond motifs is 1. The molecule has 0 N–H and O–H groups in total. The Bertz CT molecular complexity index is 1150. The van der Waals surface area contributed by atoms with Gasteiger partial charge in [-0.25, -0.2) is 12.8 Å². The first-order chi connectivity index (χ1) is 13.3. The Morgan fingerprint density at radius 1 is 1.32 bits per heavy atom. The maximum Gasteiger partial charge on any atom is 0.278 e. The molecule has 148 valence electrons. The van der Waals surface area contributed by atoms with Crippen LogP contribution in [0.2, 0.25) is 0 Å². The third kappa shape index (κ3) is 3.01. The summed E-state index contributed by atoms with van der Waals surface area (Å²) in [6.45, 7) is 1.99. The van der Waals surface area contributed by atoms with Crippen LogP contribution in [-0.4, -0.2) is 39.8 Å². The largest absolute Gasteiger partial charge is 0.377 e. The Kier molecular flexibility index (Phi) is 4.52. The molecule has 0 bridgehead atoms. The minimum absolute atomic E-state index is 0.0499. The van der Waals surface area contributed by atoms with Gasteiger partial charge in [-0.1, -0.05) is 5.16 Å². The number of nitrogens with zero attached hydrogens (tertiary/aromatic N) is 5. The number of benzene rings is 1. The van der Waals surface area contributed by atoms with E-state index in [1.54, 1.807) is 11.7 Å². The van der Waals surface area contributed by atoms with Crippen LogP contribution in [0.3, 0.4) is 0 Å². The summed E-state index contributed by atoms with van der Waals surface area (Å²) in [6.07, 6.45) is 0. The maximum absolute atomic E-state index is 13.5. The Labute approximate surface area is 160 Å². The van der Waals surface area contributed by atoms with Crippen molar-refractivity contribution in [2.45, 2.75) is 31.5 Å². The molecule has 11 heteroatoms. The Hall–Kier alpha value is -2.63. The zero-order valence-corrected chi connectivity index (χ0v) is 16.3. The van der Waals surface area contributed by atoms with Gasteiger partial charge in [-0.05, 0) is 30.7 Å². The number of halogens is 1. The highest BCUT2D eigenvalue weighted by molar-refractivity contribution is 7.89. The number of aryl methyl sites for hydroxylation is 2. The average Bonchev–Trinajstić information content (AvgIpc) is 3.35. The molecule has 3 heterocycles. The number of hydrogen-bond donors (Lipinski definition) is 0. The van der Waals surface area contributed by atoms with Gasteiger partial charge < -0.3 is 9.26 Å². The van der Waals surface area contributed by atoms with Crippen molar-refractivity contribution in [1.29, 1.82) is 0 Å². The van der Waals surface area contributed by atoms with Gasteiger partial charge in [0.1, 0.15) is 12.4 Å². The van der Waals surface area contributed by atoms with Crippen molar-refractivity contribution < 1.29 is 22.1 Å². The minimum Gasteiger partial charge on any atom is -0.377 e. The van der Waals surface area contributed by atoms with E-state index in [2.05, 4.69) is 15.2 Å². The quantitative estimate of drug-likeness (QED) is 0.635. The van der Waals surface area contributed by atoms with Crippen LogP contribution in [0.15, 0.2) is 27.6 Å². The van der Waals surface area contributed by atoms with E-state index in [4.69, 9.17) is 9.26 Å². The fourth-order valence-electron chi connectivity index (χ4n) is 3.17. The van der Waals surface area contributed by atoms with Crippen molar-refractivity contribution in [1.82, 2.24) is 24.2 Å². The van der Waals surface area contributed by atoms with E-state index in [1.807, 2.05) is 0 Å². The molecular weight excluding hydrogens is 389 g/mol. The predicted octanol–water partition coefficient (Wildman–Crippen LogP) is 1.77. The van der Waals surface area contributed by atoms with E-state index < -0.39 is 15.8 Å². The molecule has 0 atom stereocenters. The molecule has 1 aliphatic heterocycles. The number of aromatic nitrogens is 4. The standard InChI is InChI=1S/C17H18FN5O4S/c1-10-6-11(4-5-13(10)18)28(24,25)23-7-12-14(8-23)22(2)20-16(12)17-19-15(9-26-3)21-27-17/h4-6H,7-9H2,1-3H3. The second kappa shape index (κ2) is 6.76. The van der Waals surface area contributed by atoms with Gasteiger partial charge in [0, 0.05) is 26.3 Å². The van der Waals surface area contributed by atoms with Crippen LogP contribution < -0.4 is 0 Å². The van der Waals surface area contributed by atoms with E-state index in [-0.39, 0.29) is 36.0 Å². The summed E-state index contributed by atoms with van der Waals surface area (Å²) in [6, 6.07) is 3.77. The number of hydrogen-bond acceptors (Lipinski definition) is 7. The van der Waals surface area contributed by atoms with Gasteiger partial charge >= 0.3 is 0 Å². The lowest BCUT2D eigenvalue weighted by atomic mass is 10.2. The third-order valence-electron chi connectivity index (χ3n) is 4.65. The number of rotatable bonds is 5. The first-order valence-electron chi connectivity index (χ1n) is 8.44. The molecule has 0 saturated carbocycles. The summed E-state index contributed by atoms with van der Waals surface area (Å²) < 4.78 is 52.7. The van der Waals surface area contributed by atoms with Gasteiger partial charge in [-0.2, -0.15) is 14.4 Å². The molecule has 9 nitrogen and oxygen atoms in total. The normalized spacial score (nSPS) is 14.6. The van der Waals surface area contributed by atoms with Crippen molar-refractivity contribution in [3.05, 3.63) is 46.7 Å². The molecule has 28 heavy (non-hydrogen) atoms. The van der Waals surface area contributed by atoms with Gasteiger partial charge in [0.05, 0.1) is 17.1 Å². The number of methoxy groups -OCH3 is 1. The summed E-state index contributed by atoms with van der Waals surface area (Å²) >= 11 is 0. The molecular formula is C17H18FN5O4S.